The van der Waals surface area contributed by atoms with Crippen molar-refractivity contribution in [2.75, 3.05) is 25.6 Å². The Morgan fingerprint density at radius 1 is 1.53 bits per heavy atom. The average molecular weight is 234 g/mol. The molecule has 0 saturated carbocycles. The lowest BCUT2D eigenvalue weighted by atomic mass is 10.1. The van der Waals surface area contributed by atoms with Gasteiger partial charge in [0, 0.05) is 24.9 Å². The third-order valence-corrected chi connectivity index (χ3v) is 2.58. The highest BCUT2D eigenvalue weighted by Crippen LogP contribution is 2.23. The molecular formula is C12H14N2O3. The van der Waals surface area contributed by atoms with Gasteiger partial charge in [-0.3, -0.25) is 9.59 Å². The molecular weight excluding hydrogens is 220 g/mol. The normalized spacial score (nSPS) is 13.1. The van der Waals surface area contributed by atoms with Crippen LogP contribution in [0.3, 0.4) is 0 Å². The second-order valence-electron chi connectivity index (χ2n) is 3.85. The molecule has 0 fully saturated rings. The fourth-order valence-electron chi connectivity index (χ4n) is 1.74. The molecule has 1 aromatic rings. The zero-order chi connectivity index (χ0) is 12.3. The molecule has 90 valence electrons. The van der Waals surface area contributed by atoms with Gasteiger partial charge in [0.15, 0.2) is 0 Å². The quantitative estimate of drug-likeness (QED) is 0.748. The summed E-state index contributed by atoms with van der Waals surface area (Å²) in [7, 11) is 1.58. The average Bonchev–Trinajstić information content (AvgIpc) is 2.68. The largest absolute Gasteiger partial charge is 0.383 e. The van der Waals surface area contributed by atoms with Crippen LogP contribution in [-0.2, 0) is 16.0 Å². The maximum Gasteiger partial charge on any atom is 0.251 e. The van der Waals surface area contributed by atoms with Gasteiger partial charge in [-0.15, -0.1) is 0 Å². The number of ether oxygens (including phenoxy) is 1. The number of hydrogen-bond acceptors (Lipinski definition) is 3. The van der Waals surface area contributed by atoms with E-state index < -0.39 is 0 Å². The first-order valence-corrected chi connectivity index (χ1v) is 5.40. The van der Waals surface area contributed by atoms with E-state index in [4.69, 9.17) is 4.74 Å². The lowest BCUT2D eigenvalue weighted by Gasteiger charge is -2.05. The molecule has 0 radical (unpaired) electrons. The Morgan fingerprint density at radius 3 is 3.12 bits per heavy atom. The lowest BCUT2D eigenvalue weighted by molar-refractivity contribution is -0.115. The van der Waals surface area contributed by atoms with Crippen LogP contribution in [0, 0.1) is 0 Å². The molecule has 0 unspecified atom stereocenters. The fraction of sp³-hybridized carbons (Fsp3) is 0.333. The number of amides is 2. The number of benzene rings is 1. The maximum absolute atomic E-state index is 11.7. The van der Waals surface area contributed by atoms with Gasteiger partial charge in [-0.1, -0.05) is 0 Å². The van der Waals surface area contributed by atoms with Gasteiger partial charge in [-0.2, -0.15) is 0 Å². The van der Waals surface area contributed by atoms with Crippen molar-refractivity contribution in [2.24, 2.45) is 0 Å². The molecule has 0 saturated heterocycles. The number of fused-ring (bicyclic) bond motifs is 1. The Hall–Kier alpha value is -1.88. The van der Waals surface area contributed by atoms with Crippen LogP contribution in [0.5, 0.6) is 0 Å². The molecule has 0 aliphatic carbocycles. The molecule has 1 aliphatic rings. The minimum atomic E-state index is -0.149. The highest BCUT2D eigenvalue weighted by Gasteiger charge is 2.18. The summed E-state index contributed by atoms with van der Waals surface area (Å²) in [4.78, 5) is 22.9. The van der Waals surface area contributed by atoms with E-state index >= 15 is 0 Å². The van der Waals surface area contributed by atoms with Crippen LogP contribution < -0.4 is 10.6 Å². The molecule has 0 bridgehead atoms. The molecule has 1 heterocycles. The Balaban J connectivity index is 2.05. The Kier molecular flexibility index (Phi) is 3.39. The van der Waals surface area contributed by atoms with Crippen molar-refractivity contribution >= 4 is 17.5 Å². The van der Waals surface area contributed by atoms with Gasteiger partial charge in [-0.05, 0) is 23.8 Å². The van der Waals surface area contributed by atoms with Crippen molar-refractivity contribution in [1.82, 2.24) is 5.32 Å². The van der Waals surface area contributed by atoms with E-state index in [0.717, 1.165) is 11.3 Å². The topological polar surface area (TPSA) is 67.4 Å². The molecule has 17 heavy (non-hydrogen) atoms. The lowest BCUT2D eigenvalue weighted by Crippen LogP contribution is -2.26. The van der Waals surface area contributed by atoms with E-state index in [9.17, 15) is 9.59 Å². The van der Waals surface area contributed by atoms with Crippen molar-refractivity contribution in [3.8, 4) is 0 Å². The van der Waals surface area contributed by atoms with Crippen molar-refractivity contribution in [3.63, 3.8) is 0 Å². The number of carbonyl (C=O) groups is 2. The van der Waals surface area contributed by atoms with E-state index in [1.54, 1.807) is 25.3 Å². The van der Waals surface area contributed by atoms with E-state index in [0.29, 0.717) is 25.1 Å². The first-order valence-electron chi connectivity index (χ1n) is 5.40. The predicted octanol–water partition coefficient (Wildman–Crippen LogP) is 0.557. The number of methoxy groups -OCH3 is 1. The van der Waals surface area contributed by atoms with Gasteiger partial charge in [0.25, 0.3) is 5.91 Å². The van der Waals surface area contributed by atoms with Crippen molar-refractivity contribution in [1.29, 1.82) is 0 Å². The van der Waals surface area contributed by atoms with Gasteiger partial charge in [0.1, 0.15) is 0 Å². The minimum Gasteiger partial charge on any atom is -0.383 e. The Labute approximate surface area is 99.2 Å². The van der Waals surface area contributed by atoms with E-state index in [1.807, 2.05) is 0 Å². The number of hydrogen-bond donors (Lipinski definition) is 2. The van der Waals surface area contributed by atoms with Gasteiger partial charge in [0.2, 0.25) is 5.91 Å². The summed E-state index contributed by atoms with van der Waals surface area (Å²) in [5, 5.41) is 5.46. The molecule has 0 spiro atoms. The summed E-state index contributed by atoms with van der Waals surface area (Å²) in [5.41, 5.74) is 2.23. The molecule has 2 N–H and O–H groups in total. The zero-order valence-electron chi connectivity index (χ0n) is 9.58. The van der Waals surface area contributed by atoms with E-state index in [2.05, 4.69) is 10.6 Å². The summed E-state index contributed by atoms with van der Waals surface area (Å²) in [6, 6.07) is 5.20. The standard InChI is InChI=1S/C12H14N2O3/c1-17-5-4-13-12(16)8-2-3-10-9(6-8)7-11(15)14-10/h2-3,6H,4-5,7H2,1H3,(H,13,16)(H,14,15). The summed E-state index contributed by atoms with van der Waals surface area (Å²) < 4.78 is 4.85. The maximum atomic E-state index is 11.7. The number of carbonyl (C=O) groups excluding carboxylic acids is 2. The van der Waals surface area contributed by atoms with Gasteiger partial charge >= 0.3 is 0 Å². The first-order chi connectivity index (χ1) is 8.20. The zero-order valence-corrected chi connectivity index (χ0v) is 9.58. The molecule has 2 rings (SSSR count). The van der Waals surface area contributed by atoms with Crippen LogP contribution in [0.25, 0.3) is 0 Å². The van der Waals surface area contributed by atoms with Gasteiger partial charge in [0.05, 0.1) is 13.0 Å². The second kappa shape index (κ2) is 4.97. The van der Waals surface area contributed by atoms with Crippen LogP contribution in [0.1, 0.15) is 15.9 Å². The van der Waals surface area contributed by atoms with Crippen LogP contribution >= 0.6 is 0 Å². The third-order valence-electron chi connectivity index (χ3n) is 2.58. The third kappa shape index (κ3) is 2.62. The molecule has 1 aromatic carbocycles. The highest BCUT2D eigenvalue weighted by molar-refractivity contribution is 6.01. The fourth-order valence-corrected chi connectivity index (χ4v) is 1.74. The van der Waals surface area contributed by atoms with Gasteiger partial charge in [-0.25, -0.2) is 0 Å². The number of anilines is 1. The van der Waals surface area contributed by atoms with Crippen molar-refractivity contribution in [2.45, 2.75) is 6.42 Å². The van der Waals surface area contributed by atoms with Gasteiger partial charge < -0.3 is 15.4 Å². The SMILES string of the molecule is COCCNC(=O)c1ccc2c(c1)CC(=O)N2. The molecule has 0 aromatic heterocycles. The Morgan fingerprint density at radius 2 is 2.35 bits per heavy atom. The summed E-state index contributed by atoms with van der Waals surface area (Å²) in [5.74, 6) is -0.179. The summed E-state index contributed by atoms with van der Waals surface area (Å²) in [6.45, 7) is 0.959. The van der Waals surface area contributed by atoms with Crippen LogP contribution in [-0.4, -0.2) is 32.1 Å². The van der Waals surface area contributed by atoms with Crippen LogP contribution in [0.2, 0.25) is 0 Å². The molecule has 2 amide bonds. The minimum absolute atomic E-state index is 0.0306. The smallest absolute Gasteiger partial charge is 0.251 e. The van der Waals surface area contributed by atoms with Crippen LogP contribution in [0.4, 0.5) is 5.69 Å². The highest BCUT2D eigenvalue weighted by atomic mass is 16.5. The van der Waals surface area contributed by atoms with Crippen LogP contribution in [0.15, 0.2) is 18.2 Å². The van der Waals surface area contributed by atoms with E-state index in [1.165, 1.54) is 0 Å². The summed E-state index contributed by atoms with van der Waals surface area (Å²) >= 11 is 0. The monoisotopic (exact) mass is 234 g/mol. The Bertz CT molecular complexity index is 457. The first kappa shape index (κ1) is 11.6. The summed E-state index contributed by atoms with van der Waals surface area (Å²) in [6.07, 6.45) is 0.342. The van der Waals surface area contributed by atoms with Crippen molar-refractivity contribution in [3.05, 3.63) is 29.3 Å². The predicted molar refractivity (Wildman–Crippen MR) is 63.0 cm³/mol. The van der Waals surface area contributed by atoms with E-state index in [-0.39, 0.29) is 11.8 Å². The molecule has 5 nitrogen and oxygen atoms in total. The van der Waals surface area contributed by atoms with Crippen molar-refractivity contribution < 1.29 is 14.3 Å². The number of rotatable bonds is 4. The molecule has 0 atom stereocenters. The second-order valence-corrected chi connectivity index (χ2v) is 3.85. The molecule has 5 heteroatoms. The molecule has 1 aliphatic heterocycles. The number of nitrogens with one attached hydrogen (secondary N) is 2.